The van der Waals surface area contributed by atoms with Crippen LogP contribution in [0.2, 0.25) is 0 Å². The van der Waals surface area contributed by atoms with Gasteiger partial charge in [-0.1, -0.05) is 12.1 Å². The van der Waals surface area contributed by atoms with E-state index in [0.717, 1.165) is 38.5 Å². The largest absolute Gasteiger partial charge is 0.350 e. The number of fused-ring (bicyclic) bond motifs is 1. The standard InChI is InChI=1S/C18H23NO4/c20-16(15-8-7-13-4-3-5-14(13)12-15)9-10-17(21)19-23-18-6-1-2-11-22-18/h7-8,12,18H,1-6,9-11H2,(H,19,21)/t18-/m1/s1. The predicted octanol–water partition coefficient (Wildman–Crippen LogP) is 2.71. The van der Waals surface area contributed by atoms with Gasteiger partial charge in [-0.05, 0) is 49.3 Å². The summed E-state index contributed by atoms with van der Waals surface area (Å²) in [7, 11) is 0. The number of rotatable bonds is 6. The highest BCUT2D eigenvalue weighted by Crippen LogP contribution is 2.23. The molecule has 0 radical (unpaired) electrons. The third-order valence-corrected chi connectivity index (χ3v) is 4.44. The molecule has 0 saturated carbocycles. The molecule has 1 fully saturated rings. The second kappa shape index (κ2) is 7.70. The van der Waals surface area contributed by atoms with Crippen molar-refractivity contribution in [1.29, 1.82) is 0 Å². The van der Waals surface area contributed by atoms with Crippen LogP contribution in [0.15, 0.2) is 18.2 Å². The van der Waals surface area contributed by atoms with Crippen LogP contribution in [0.3, 0.4) is 0 Å². The van der Waals surface area contributed by atoms with Crippen molar-refractivity contribution >= 4 is 11.7 Å². The summed E-state index contributed by atoms with van der Waals surface area (Å²) in [5, 5.41) is 0. The van der Waals surface area contributed by atoms with E-state index in [1.165, 1.54) is 11.1 Å². The van der Waals surface area contributed by atoms with Crippen LogP contribution in [0.5, 0.6) is 0 Å². The molecule has 0 bridgehead atoms. The lowest BCUT2D eigenvalue weighted by molar-refractivity contribution is -0.200. The summed E-state index contributed by atoms with van der Waals surface area (Å²) in [6, 6.07) is 5.89. The first-order chi connectivity index (χ1) is 11.2. The van der Waals surface area contributed by atoms with Gasteiger partial charge in [0.1, 0.15) is 0 Å². The summed E-state index contributed by atoms with van der Waals surface area (Å²) in [5.41, 5.74) is 5.71. The monoisotopic (exact) mass is 317 g/mol. The highest BCUT2D eigenvalue weighted by Gasteiger charge is 2.17. The maximum atomic E-state index is 12.2. The molecule has 1 amide bonds. The van der Waals surface area contributed by atoms with Gasteiger partial charge in [0, 0.05) is 31.4 Å². The summed E-state index contributed by atoms with van der Waals surface area (Å²) in [4.78, 5) is 29.2. The number of benzene rings is 1. The number of carbonyl (C=O) groups is 2. The van der Waals surface area contributed by atoms with E-state index < -0.39 is 0 Å². The molecule has 0 spiro atoms. The van der Waals surface area contributed by atoms with E-state index in [9.17, 15) is 9.59 Å². The van der Waals surface area contributed by atoms with E-state index in [-0.39, 0.29) is 30.8 Å². The second-order valence-corrected chi connectivity index (χ2v) is 6.20. The summed E-state index contributed by atoms with van der Waals surface area (Å²) in [6.45, 7) is 0.664. The fourth-order valence-electron chi connectivity index (χ4n) is 3.10. The molecule has 1 aliphatic carbocycles. The third kappa shape index (κ3) is 4.39. The van der Waals surface area contributed by atoms with E-state index in [2.05, 4.69) is 5.48 Å². The minimum atomic E-state index is -0.361. The zero-order valence-electron chi connectivity index (χ0n) is 13.3. The Hall–Kier alpha value is -1.72. The van der Waals surface area contributed by atoms with Crippen molar-refractivity contribution in [1.82, 2.24) is 5.48 Å². The number of aryl methyl sites for hydroxylation is 2. The first kappa shape index (κ1) is 16.1. The summed E-state index contributed by atoms with van der Waals surface area (Å²) in [5.74, 6) is -0.280. The molecule has 1 N–H and O–H groups in total. The van der Waals surface area contributed by atoms with Crippen molar-refractivity contribution in [3.05, 3.63) is 34.9 Å². The smallest absolute Gasteiger partial charge is 0.244 e. The quantitative estimate of drug-likeness (QED) is 0.647. The van der Waals surface area contributed by atoms with Gasteiger partial charge < -0.3 is 4.74 Å². The Kier molecular flexibility index (Phi) is 5.41. The zero-order valence-corrected chi connectivity index (χ0v) is 13.3. The topological polar surface area (TPSA) is 64.6 Å². The number of carbonyl (C=O) groups excluding carboxylic acids is 2. The molecule has 3 rings (SSSR count). The predicted molar refractivity (Wildman–Crippen MR) is 84.9 cm³/mol. The number of ether oxygens (including phenoxy) is 1. The van der Waals surface area contributed by atoms with Crippen LogP contribution in [0.1, 0.15) is 60.0 Å². The second-order valence-electron chi connectivity index (χ2n) is 6.20. The van der Waals surface area contributed by atoms with Gasteiger partial charge in [-0.2, -0.15) is 0 Å². The first-order valence-corrected chi connectivity index (χ1v) is 8.43. The van der Waals surface area contributed by atoms with Gasteiger partial charge in [0.25, 0.3) is 0 Å². The molecule has 1 aromatic carbocycles. The van der Waals surface area contributed by atoms with Crippen LogP contribution in [0, 0.1) is 0 Å². The van der Waals surface area contributed by atoms with Crippen LogP contribution >= 0.6 is 0 Å². The minimum absolute atomic E-state index is 0.00349. The summed E-state index contributed by atoms with van der Waals surface area (Å²) in [6.07, 6.45) is 6.13. The molecule has 2 aliphatic rings. The van der Waals surface area contributed by atoms with Crippen molar-refractivity contribution in [2.75, 3.05) is 6.61 Å². The average Bonchev–Trinajstić information content (AvgIpc) is 3.06. The molecule has 1 aliphatic heterocycles. The third-order valence-electron chi connectivity index (χ3n) is 4.44. The van der Waals surface area contributed by atoms with Gasteiger partial charge in [0.2, 0.25) is 5.91 Å². The van der Waals surface area contributed by atoms with Gasteiger partial charge >= 0.3 is 0 Å². The fraction of sp³-hybridized carbons (Fsp3) is 0.556. The number of hydrogen-bond acceptors (Lipinski definition) is 4. The van der Waals surface area contributed by atoms with Gasteiger partial charge in [0.15, 0.2) is 12.1 Å². The molecule has 124 valence electrons. The molecule has 1 heterocycles. The average molecular weight is 317 g/mol. The first-order valence-electron chi connectivity index (χ1n) is 8.43. The molecule has 0 aromatic heterocycles. The molecule has 1 aromatic rings. The number of nitrogens with one attached hydrogen (secondary N) is 1. The molecule has 1 saturated heterocycles. The van der Waals surface area contributed by atoms with E-state index in [0.29, 0.717) is 12.2 Å². The summed E-state index contributed by atoms with van der Waals surface area (Å²) < 4.78 is 5.36. The fourth-order valence-corrected chi connectivity index (χ4v) is 3.10. The van der Waals surface area contributed by atoms with Gasteiger partial charge in [-0.25, -0.2) is 10.3 Å². The van der Waals surface area contributed by atoms with Crippen LogP contribution in [-0.4, -0.2) is 24.6 Å². The Morgan fingerprint density at radius 2 is 2.00 bits per heavy atom. The van der Waals surface area contributed by atoms with Crippen LogP contribution in [0.4, 0.5) is 0 Å². The van der Waals surface area contributed by atoms with Crippen molar-refractivity contribution in [3.63, 3.8) is 0 Å². The lowest BCUT2D eigenvalue weighted by atomic mass is 10.0. The molecular formula is C18H23NO4. The SMILES string of the molecule is O=C(CCC(=O)c1ccc2c(c1)CCC2)NO[C@@H]1CCCCO1. The van der Waals surface area contributed by atoms with E-state index in [1.54, 1.807) is 0 Å². The van der Waals surface area contributed by atoms with Crippen LogP contribution < -0.4 is 5.48 Å². The van der Waals surface area contributed by atoms with Crippen molar-refractivity contribution in [2.45, 2.75) is 57.7 Å². The lowest BCUT2D eigenvalue weighted by Crippen LogP contribution is -2.33. The molecule has 1 atom stereocenters. The van der Waals surface area contributed by atoms with Gasteiger partial charge in [0.05, 0.1) is 0 Å². The maximum Gasteiger partial charge on any atom is 0.244 e. The van der Waals surface area contributed by atoms with Crippen molar-refractivity contribution in [3.8, 4) is 0 Å². The van der Waals surface area contributed by atoms with E-state index in [4.69, 9.17) is 9.57 Å². The zero-order chi connectivity index (χ0) is 16.1. The van der Waals surface area contributed by atoms with Crippen LogP contribution in [-0.2, 0) is 27.2 Å². The normalized spacial score (nSPS) is 20.1. The molecule has 0 unspecified atom stereocenters. The minimum Gasteiger partial charge on any atom is -0.350 e. The Morgan fingerprint density at radius 3 is 2.83 bits per heavy atom. The number of Topliss-reactive ketones (excluding diaryl/α,β-unsaturated/α-hetero) is 1. The number of hydrogen-bond donors (Lipinski definition) is 1. The van der Waals surface area contributed by atoms with Crippen LogP contribution in [0.25, 0.3) is 0 Å². The van der Waals surface area contributed by atoms with Gasteiger partial charge in [-0.15, -0.1) is 0 Å². The van der Waals surface area contributed by atoms with Gasteiger partial charge in [-0.3, -0.25) is 9.59 Å². The highest BCUT2D eigenvalue weighted by molar-refractivity contribution is 5.98. The Balaban J connectivity index is 1.42. The molecular weight excluding hydrogens is 294 g/mol. The Labute approximate surface area is 136 Å². The molecule has 5 nitrogen and oxygen atoms in total. The molecule has 23 heavy (non-hydrogen) atoms. The number of ketones is 1. The Bertz CT molecular complexity index is 578. The number of hydroxylamine groups is 1. The number of amides is 1. The van der Waals surface area contributed by atoms with E-state index in [1.807, 2.05) is 18.2 Å². The lowest BCUT2D eigenvalue weighted by Gasteiger charge is -2.22. The highest BCUT2D eigenvalue weighted by atomic mass is 16.8. The van der Waals surface area contributed by atoms with E-state index >= 15 is 0 Å². The van der Waals surface area contributed by atoms with Crippen molar-refractivity contribution < 1.29 is 19.2 Å². The van der Waals surface area contributed by atoms with Crippen molar-refractivity contribution in [2.24, 2.45) is 0 Å². The Morgan fingerprint density at radius 1 is 1.13 bits per heavy atom. The molecule has 5 heteroatoms. The summed E-state index contributed by atoms with van der Waals surface area (Å²) >= 11 is 0. The maximum absolute atomic E-state index is 12.2.